The molecule has 1 aliphatic rings. The highest BCUT2D eigenvalue weighted by Crippen LogP contribution is 2.27. The van der Waals surface area contributed by atoms with Gasteiger partial charge in [0.15, 0.2) is 0 Å². The van der Waals surface area contributed by atoms with E-state index in [0.29, 0.717) is 36.0 Å². The van der Waals surface area contributed by atoms with Crippen molar-refractivity contribution in [1.29, 1.82) is 0 Å². The van der Waals surface area contributed by atoms with E-state index < -0.39 is 11.1 Å². The predicted octanol–water partition coefficient (Wildman–Crippen LogP) is 2.98. The SMILES string of the molecule is CCC(c1nc(/C=c2\[nH]c(=O)/c(=C/c3cccc(Oc4ccc(F)cc4)c3)[nH]c2=O)c(C(C)C)[nH]1)C1COCCN1. The molecule has 214 valence electrons. The topological polar surface area (TPSA) is 125 Å². The van der Waals surface area contributed by atoms with Crippen LogP contribution in [0.4, 0.5) is 4.39 Å². The molecule has 0 saturated carbocycles. The molecule has 4 N–H and O–H groups in total. The number of halogens is 1. The molecule has 1 aliphatic heterocycles. The molecule has 41 heavy (non-hydrogen) atoms. The lowest BCUT2D eigenvalue weighted by Gasteiger charge is -2.29. The lowest BCUT2D eigenvalue weighted by atomic mass is 9.96. The summed E-state index contributed by atoms with van der Waals surface area (Å²) in [5.74, 6) is 1.70. The number of H-pyrrole nitrogens is 3. The third kappa shape index (κ3) is 6.72. The molecule has 2 unspecified atom stereocenters. The first-order valence-corrected chi connectivity index (χ1v) is 13.8. The Kier molecular flexibility index (Phi) is 8.61. The van der Waals surface area contributed by atoms with Gasteiger partial charge in [0.2, 0.25) is 0 Å². The van der Waals surface area contributed by atoms with Crippen LogP contribution >= 0.6 is 0 Å². The molecule has 2 aromatic carbocycles. The molecule has 2 aromatic heterocycles. The minimum Gasteiger partial charge on any atom is -0.457 e. The number of ether oxygens (including phenoxy) is 2. The number of aromatic nitrogens is 4. The number of benzene rings is 2. The van der Waals surface area contributed by atoms with Crippen molar-refractivity contribution >= 4 is 12.2 Å². The van der Waals surface area contributed by atoms with E-state index in [9.17, 15) is 14.0 Å². The van der Waals surface area contributed by atoms with Gasteiger partial charge in [-0.1, -0.05) is 32.9 Å². The summed E-state index contributed by atoms with van der Waals surface area (Å²) < 4.78 is 24.6. The van der Waals surface area contributed by atoms with Gasteiger partial charge in [0, 0.05) is 24.2 Å². The number of aromatic amines is 3. The van der Waals surface area contributed by atoms with Crippen molar-refractivity contribution in [2.45, 2.75) is 45.1 Å². The van der Waals surface area contributed by atoms with Crippen molar-refractivity contribution in [2.75, 3.05) is 19.8 Å². The van der Waals surface area contributed by atoms with Crippen molar-refractivity contribution in [3.05, 3.63) is 109 Å². The third-order valence-corrected chi connectivity index (χ3v) is 7.07. The molecule has 1 saturated heterocycles. The maximum absolute atomic E-state index is 13.2. The van der Waals surface area contributed by atoms with Gasteiger partial charge >= 0.3 is 0 Å². The molecule has 0 bridgehead atoms. The van der Waals surface area contributed by atoms with Crippen LogP contribution < -0.4 is 31.9 Å². The van der Waals surface area contributed by atoms with E-state index in [4.69, 9.17) is 14.5 Å². The van der Waals surface area contributed by atoms with Crippen molar-refractivity contribution in [3.63, 3.8) is 0 Å². The standard InChI is InChI=1S/C31H34FN5O4/c1-4-23(27-17-40-13-12-33-27)29-34-24(28(37-29)18(2)3)16-26-31(39)35-25(30(38)36-26)15-19-6-5-7-22(14-19)41-21-10-8-20(32)9-11-21/h5-11,14-16,18,23,27,33H,4,12-13,17H2,1-3H3,(H,34,37)(H,35,39)(H,36,38)/b25-15-,26-16-. The van der Waals surface area contributed by atoms with Crippen LogP contribution in [0.2, 0.25) is 0 Å². The van der Waals surface area contributed by atoms with Crippen LogP contribution in [-0.4, -0.2) is 45.7 Å². The second-order valence-corrected chi connectivity index (χ2v) is 10.4. The maximum atomic E-state index is 13.2. The Labute approximate surface area is 236 Å². The van der Waals surface area contributed by atoms with E-state index in [1.165, 1.54) is 24.3 Å². The second-order valence-electron chi connectivity index (χ2n) is 10.4. The molecule has 0 aliphatic carbocycles. The molecule has 0 radical (unpaired) electrons. The van der Waals surface area contributed by atoms with Gasteiger partial charge in [-0.05, 0) is 66.5 Å². The van der Waals surface area contributed by atoms with Crippen molar-refractivity contribution < 1.29 is 13.9 Å². The van der Waals surface area contributed by atoms with Crippen LogP contribution in [0.15, 0.2) is 58.1 Å². The average Bonchev–Trinajstić information content (AvgIpc) is 3.37. The average molecular weight is 560 g/mol. The van der Waals surface area contributed by atoms with Crippen molar-refractivity contribution in [3.8, 4) is 11.5 Å². The van der Waals surface area contributed by atoms with Crippen LogP contribution in [0.25, 0.3) is 12.2 Å². The van der Waals surface area contributed by atoms with Crippen molar-refractivity contribution in [1.82, 2.24) is 25.3 Å². The van der Waals surface area contributed by atoms with Crippen LogP contribution in [-0.2, 0) is 4.74 Å². The van der Waals surface area contributed by atoms with E-state index in [2.05, 4.69) is 41.0 Å². The number of morpholine rings is 1. The molecule has 5 rings (SSSR count). The lowest BCUT2D eigenvalue weighted by molar-refractivity contribution is 0.0664. The van der Waals surface area contributed by atoms with E-state index in [-0.39, 0.29) is 34.4 Å². The number of nitrogens with zero attached hydrogens (tertiary/aromatic N) is 1. The number of imidazole rings is 1. The van der Waals surface area contributed by atoms with Crippen LogP contribution in [0, 0.1) is 5.82 Å². The maximum Gasteiger partial charge on any atom is 0.272 e. The highest BCUT2D eigenvalue weighted by molar-refractivity contribution is 5.52. The molecular weight excluding hydrogens is 525 g/mol. The van der Waals surface area contributed by atoms with Gasteiger partial charge in [0.1, 0.15) is 33.8 Å². The summed E-state index contributed by atoms with van der Waals surface area (Å²) in [6, 6.07) is 12.8. The fraction of sp³-hybridized carbons (Fsp3) is 0.323. The van der Waals surface area contributed by atoms with Gasteiger partial charge in [0.05, 0.1) is 18.9 Å². The molecule has 4 aromatic rings. The first-order chi connectivity index (χ1) is 19.8. The summed E-state index contributed by atoms with van der Waals surface area (Å²) in [5.41, 5.74) is 1.27. The summed E-state index contributed by atoms with van der Waals surface area (Å²) in [5, 5.41) is 3.74. The molecule has 0 amide bonds. The van der Waals surface area contributed by atoms with Gasteiger partial charge in [0.25, 0.3) is 11.1 Å². The van der Waals surface area contributed by atoms with Gasteiger partial charge in [-0.25, -0.2) is 9.37 Å². The van der Waals surface area contributed by atoms with E-state index in [1.807, 2.05) is 0 Å². The van der Waals surface area contributed by atoms with Crippen LogP contribution in [0.3, 0.4) is 0 Å². The first kappa shape index (κ1) is 28.3. The lowest BCUT2D eigenvalue weighted by Crippen LogP contribution is -2.46. The zero-order valence-corrected chi connectivity index (χ0v) is 23.3. The van der Waals surface area contributed by atoms with E-state index in [0.717, 1.165) is 24.5 Å². The minimum absolute atomic E-state index is 0.104. The highest BCUT2D eigenvalue weighted by atomic mass is 19.1. The molecule has 1 fully saturated rings. The Morgan fingerprint density at radius 2 is 1.76 bits per heavy atom. The van der Waals surface area contributed by atoms with E-state index >= 15 is 0 Å². The summed E-state index contributed by atoms with van der Waals surface area (Å²) in [4.78, 5) is 39.8. The smallest absolute Gasteiger partial charge is 0.272 e. The van der Waals surface area contributed by atoms with Gasteiger partial charge in [-0.3, -0.25) is 9.59 Å². The zero-order valence-electron chi connectivity index (χ0n) is 23.3. The van der Waals surface area contributed by atoms with Crippen LogP contribution in [0.1, 0.15) is 61.8 Å². The molecule has 2 atom stereocenters. The van der Waals surface area contributed by atoms with Gasteiger partial charge in [-0.2, -0.15) is 0 Å². The Bertz CT molecular complexity index is 1730. The quantitative estimate of drug-likeness (QED) is 0.263. The molecular formula is C31H34FN5O4. The number of rotatable bonds is 8. The minimum atomic E-state index is -0.447. The largest absolute Gasteiger partial charge is 0.457 e. The Balaban J connectivity index is 1.46. The van der Waals surface area contributed by atoms with Crippen LogP contribution in [0.5, 0.6) is 11.5 Å². The Morgan fingerprint density at radius 1 is 1.02 bits per heavy atom. The normalized spacial score (nSPS) is 17.2. The van der Waals surface area contributed by atoms with E-state index in [1.54, 1.807) is 36.4 Å². The third-order valence-electron chi connectivity index (χ3n) is 7.07. The number of hydrogen-bond donors (Lipinski definition) is 4. The fourth-order valence-electron chi connectivity index (χ4n) is 4.96. The molecule has 10 heteroatoms. The molecule has 9 nitrogen and oxygen atoms in total. The van der Waals surface area contributed by atoms with Crippen molar-refractivity contribution in [2.24, 2.45) is 0 Å². The Morgan fingerprint density at radius 3 is 2.41 bits per heavy atom. The Hall–Kier alpha value is -4.28. The summed E-state index contributed by atoms with van der Waals surface area (Å²) in [6.45, 7) is 8.32. The second kappa shape index (κ2) is 12.5. The summed E-state index contributed by atoms with van der Waals surface area (Å²) in [7, 11) is 0. The zero-order chi connectivity index (χ0) is 28.9. The van der Waals surface area contributed by atoms with Gasteiger partial charge in [-0.15, -0.1) is 0 Å². The summed E-state index contributed by atoms with van der Waals surface area (Å²) >= 11 is 0. The van der Waals surface area contributed by atoms with Gasteiger partial charge < -0.3 is 29.7 Å². The molecule has 3 heterocycles. The fourth-order valence-corrected chi connectivity index (χ4v) is 4.96. The highest BCUT2D eigenvalue weighted by Gasteiger charge is 2.27. The number of nitrogens with one attached hydrogen (secondary N) is 4. The predicted molar refractivity (Wildman–Crippen MR) is 155 cm³/mol. The number of hydrogen-bond acceptors (Lipinski definition) is 6. The summed E-state index contributed by atoms with van der Waals surface area (Å²) in [6.07, 6.45) is 4.05. The molecule has 0 spiro atoms. The first-order valence-electron chi connectivity index (χ1n) is 13.8. The monoisotopic (exact) mass is 559 g/mol.